The first-order valence-corrected chi connectivity index (χ1v) is 11.7. The number of halogens is 1. The molecular formula is C24H31BrN2O2. The summed E-state index contributed by atoms with van der Waals surface area (Å²) in [5, 5.41) is 0. The summed E-state index contributed by atoms with van der Waals surface area (Å²) in [6.07, 6.45) is 15.7. The zero-order valence-electron chi connectivity index (χ0n) is 17.3. The van der Waals surface area contributed by atoms with E-state index < -0.39 is 0 Å². The summed E-state index contributed by atoms with van der Waals surface area (Å²) in [6.45, 7) is 0.867. The second-order valence-electron chi connectivity index (χ2n) is 8.70. The highest BCUT2D eigenvalue weighted by Crippen LogP contribution is 2.50. The van der Waals surface area contributed by atoms with E-state index in [0.29, 0.717) is 5.88 Å². The van der Waals surface area contributed by atoms with E-state index in [1.807, 2.05) is 18.5 Å². The Morgan fingerprint density at radius 2 is 2.00 bits per heavy atom. The molecule has 5 heteroatoms. The minimum absolute atomic E-state index is 0.0978. The molecule has 1 saturated carbocycles. The van der Waals surface area contributed by atoms with Gasteiger partial charge in [-0.1, -0.05) is 25.3 Å². The van der Waals surface area contributed by atoms with Crippen LogP contribution < -0.4 is 4.74 Å². The van der Waals surface area contributed by atoms with E-state index in [4.69, 9.17) is 14.5 Å². The van der Waals surface area contributed by atoms with Gasteiger partial charge in [0.2, 0.25) is 5.88 Å². The van der Waals surface area contributed by atoms with Crippen molar-refractivity contribution in [1.29, 1.82) is 0 Å². The maximum Gasteiger partial charge on any atom is 0.227 e. The fourth-order valence-corrected chi connectivity index (χ4v) is 5.90. The lowest BCUT2D eigenvalue weighted by atomic mass is 9.67. The molecule has 29 heavy (non-hydrogen) atoms. The van der Waals surface area contributed by atoms with Crippen LogP contribution in [0.3, 0.4) is 0 Å². The van der Waals surface area contributed by atoms with E-state index in [0.717, 1.165) is 36.8 Å². The van der Waals surface area contributed by atoms with Gasteiger partial charge in [-0.2, -0.15) is 0 Å². The van der Waals surface area contributed by atoms with E-state index in [1.165, 1.54) is 49.8 Å². The number of hydrogen-bond donors (Lipinski definition) is 0. The molecule has 1 aliphatic heterocycles. The highest BCUT2D eigenvalue weighted by molar-refractivity contribution is 9.10. The molecule has 0 amide bonds. The third-order valence-corrected chi connectivity index (χ3v) is 7.37. The van der Waals surface area contributed by atoms with Crippen molar-refractivity contribution in [3.8, 4) is 5.88 Å². The fourth-order valence-electron chi connectivity index (χ4n) is 5.34. The van der Waals surface area contributed by atoms with Crippen LogP contribution in [0.4, 0.5) is 0 Å². The molecule has 0 bridgehead atoms. The first-order valence-electron chi connectivity index (χ1n) is 10.9. The SMILES string of the molecule is COc1ncc(CCCCC2(c3ccccn3)CCOC3(CCCC3)C2)cc1Br. The van der Waals surface area contributed by atoms with Crippen LogP contribution in [-0.2, 0) is 16.6 Å². The van der Waals surface area contributed by atoms with Gasteiger partial charge in [0, 0.05) is 30.1 Å². The number of aryl methyl sites for hydroxylation is 1. The quantitative estimate of drug-likeness (QED) is 0.475. The van der Waals surface area contributed by atoms with Crippen molar-refractivity contribution in [3.05, 3.63) is 52.4 Å². The van der Waals surface area contributed by atoms with Gasteiger partial charge >= 0.3 is 0 Å². The van der Waals surface area contributed by atoms with Gasteiger partial charge < -0.3 is 9.47 Å². The van der Waals surface area contributed by atoms with Crippen LogP contribution >= 0.6 is 15.9 Å². The number of nitrogens with zero attached hydrogens (tertiary/aromatic N) is 2. The number of methoxy groups -OCH3 is 1. The number of rotatable bonds is 7. The zero-order valence-corrected chi connectivity index (χ0v) is 18.9. The Kier molecular flexibility index (Phi) is 6.55. The van der Waals surface area contributed by atoms with Gasteiger partial charge in [0.1, 0.15) is 0 Å². The second-order valence-corrected chi connectivity index (χ2v) is 9.56. The lowest BCUT2D eigenvalue weighted by Crippen LogP contribution is -2.46. The van der Waals surface area contributed by atoms with E-state index in [-0.39, 0.29) is 11.0 Å². The summed E-state index contributed by atoms with van der Waals surface area (Å²) in [5.74, 6) is 0.645. The van der Waals surface area contributed by atoms with Crippen LogP contribution in [-0.4, -0.2) is 29.3 Å². The molecule has 2 aromatic heterocycles. The van der Waals surface area contributed by atoms with Crippen LogP contribution in [0.25, 0.3) is 0 Å². The van der Waals surface area contributed by atoms with E-state index in [1.54, 1.807) is 7.11 Å². The van der Waals surface area contributed by atoms with Crippen molar-refractivity contribution in [3.63, 3.8) is 0 Å². The van der Waals surface area contributed by atoms with E-state index >= 15 is 0 Å². The highest BCUT2D eigenvalue weighted by Gasteiger charge is 2.48. The molecular weight excluding hydrogens is 428 g/mol. The number of unbranched alkanes of at least 4 members (excludes halogenated alkanes) is 1. The summed E-state index contributed by atoms with van der Waals surface area (Å²) in [7, 11) is 1.65. The van der Waals surface area contributed by atoms with Crippen molar-refractivity contribution >= 4 is 15.9 Å². The van der Waals surface area contributed by atoms with Gasteiger partial charge in [0.05, 0.1) is 17.2 Å². The predicted octanol–water partition coefficient (Wildman–Crippen LogP) is 6.02. The molecule has 3 heterocycles. The summed E-state index contributed by atoms with van der Waals surface area (Å²) in [6, 6.07) is 8.53. The van der Waals surface area contributed by atoms with Crippen molar-refractivity contribution in [2.24, 2.45) is 0 Å². The van der Waals surface area contributed by atoms with Gasteiger partial charge in [0.15, 0.2) is 0 Å². The predicted molar refractivity (Wildman–Crippen MR) is 118 cm³/mol. The minimum atomic E-state index is 0.0978. The Morgan fingerprint density at radius 3 is 2.72 bits per heavy atom. The van der Waals surface area contributed by atoms with Gasteiger partial charge in [-0.15, -0.1) is 0 Å². The van der Waals surface area contributed by atoms with Crippen LogP contribution in [0.1, 0.15) is 69.0 Å². The second kappa shape index (κ2) is 9.13. The molecule has 1 spiro atoms. The smallest absolute Gasteiger partial charge is 0.227 e. The number of pyridine rings is 2. The molecule has 1 saturated heterocycles. The maximum absolute atomic E-state index is 6.36. The maximum atomic E-state index is 6.36. The Labute approximate surface area is 182 Å². The molecule has 2 fully saturated rings. The monoisotopic (exact) mass is 458 g/mol. The number of hydrogen-bond acceptors (Lipinski definition) is 4. The van der Waals surface area contributed by atoms with Gasteiger partial charge in [-0.3, -0.25) is 4.98 Å². The van der Waals surface area contributed by atoms with E-state index in [2.05, 4.69) is 39.1 Å². The van der Waals surface area contributed by atoms with Crippen molar-refractivity contribution in [2.45, 2.75) is 75.2 Å². The molecule has 4 nitrogen and oxygen atoms in total. The van der Waals surface area contributed by atoms with Crippen LogP contribution in [0.5, 0.6) is 5.88 Å². The molecule has 0 N–H and O–H groups in total. The van der Waals surface area contributed by atoms with Crippen LogP contribution in [0.15, 0.2) is 41.1 Å². The van der Waals surface area contributed by atoms with E-state index in [9.17, 15) is 0 Å². The molecule has 1 unspecified atom stereocenters. The summed E-state index contributed by atoms with van der Waals surface area (Å²) >= 11 is 3.54. The summed E-state index contributed by atoms with van der Waals surface area (Å²) < 4.78 is 12.5. The normalized spacial score (nSPS) is 23.4. The lowest BCUT2D eigenvalue weighted by molar-refractivity contribution is -0.104. The van der Waals surface area contributed by atoms with Crippen molar-refractivity contribution < 1.29 is 9.47 Å². The standard InChI is InChI=1S/C24H31BrN2O2/c1-28-22-20(25)16-19(17-27-22)8-2-4-10-23(21-9-3-7-14-26-21)13-15-29-24(18-23)11-5-6-12-24/h3,7,9,14,16-17H,2,4-6,8,10-13,15,18H2,1H3. The molecule has 0 aromatic carbocycles. The van der Waals surface area contributed by atoms with Crippen LogP contribution in [0.2, 0.25) is 0 Å². The third-order valence-electron chi connectivity index (χ3n) is 6.80. The van der Waals surface area contributed by atoms with Crippen molar-refractivity contribution in [1.82, 2.24) is 9.97 Å². The first kappa shape index (κ1) is 20.8. The number of aromatic nitrogens is 2. The number of ether oxygens (including phenoxy) is 2. The molecule has 1 aliphatic carbocycles. The zero-order chi connectivity index (χ0) is 20.2. The highest BCUT2D eigenvalue weighted by atomic mass is 79.9. The molecule has 0 radical (unpaired) electrons. The van der Waals surface area contributed by atoms with Gasteiger partial charge in [0.25, 0.3) is 0 Å². The van der Waals surface area contributed by atoms with Crippen LogP contribution in [0, 0.1) is 0 Å². The Balaban J connectivity index is 1.43. The summed E-state index contributed by atoms with van der Waals surface area (Å²) in [4.78, 5) is 9.19. The largest absolute Gasteiger partial charge is 0.480 e. The lowest BCUT2D eigenvalue weighted by Gasteiger charge is -2.46. The molecule has 2 aromatic rings. The molecule has 2 aliphatic rings. The molecule has 156 valence electrons. The third kappa shape index (κ3) is 4.66. The summed E-state index contributed by atoms with van der Waals surface area (Å²) in [5.41, 5.74) is 2.77. The van der Waals surface area contributed by atoms with Crippen molar-refractivity contribution in [2.75, 3.05) is 13.7 Å². The molecule has 1 atom stereocenters. The minimum Gasteiger partial charge on any atom is -0.480 e. The average Bonchev–Trinajstić information content (AvgIpc) is 3.19. The Bertz CT molecular complexity index is 808. The fraction of sp³-hybridized carbons (Fsp3) is 0.583. The Morgan fingerprint density at radius 1 is 1.14 bits per heavy atom. The average molecular weight is 459 g/mol. The first-order chi connectivity index (χ1) is 14.1. The topological polar surface area (TPSA) is 44.2 Å². The van der Waals surface area contributed by atoms with Gasteiger partial charge in [-0.05, 0) is 84.6 Å². The Hall–Kier alpha value is -1.46. The van der Waals surface area contributed by atoms with Gasteiger partial charge in [-0.25, -0.2) is 4.98 Å². The molecule has 4 rings (SSSR count).